The highest BCUT2D eigenvalue weighted by atomic mass is 16.6. The molecule has 1 atom stereocenters. The molecule has 6 nitrogen and oxygen atoms in total. The van der Waals surface area contributed by atoms with Crippen molar-refractivity contribution in [1.82, 2.24) is 0 Å². The lowest BCUT2D eigenvalue weighted by molar-refractivity contribution is -0.384. The van der Waals surface area contributed by atoms with Crippen LogP contribution in [0.2, 0.25) is 0 Å². The standard InChI is InChI=1S/C11H16N2O4/c1-8-3-4-10(13(16)17)9(5-8)12-6-11(2,15)7-14/h3-5,12,14-15H,6-7H2,1-2H3. The average Bonchev–Trinajstić information content (AvgIpc) is 2.26. The largest absolute Gasteiger partial charge is 0.393 e. The van der Waals surface area contributed by atoms with Crippen LogP contribution in [-0.4, -0.2) is 33.9 Å². The Hall–Kier alpha value is -1.66. The van der Waals surface area contributed by atoms with Crippen molar-refractivity contribution in [3.05, 3.63) is 33.9 Å². The van der Waals surface area contributed by atoms with E-state index in [1.807, 2.05) is 6.92 Å². The summed E-state index contributed by atoms with van der Waals surface area (Å²) in [6.07, 6.45) is 0. The van der Waals surface area contributed by atoms with E-state index in [4.69, 9.17) is 5.11 Å². The Labute approximate surface area is 99.0 Å². The molecular weight excluding hydrogens is 224 g/mol. The smallest absolute Gasteiger partial charge is 0.292 e. The predicted molar refractivity (Wildman–Crippen MR) is 64.0 cm³/mol. The number of nitro benzene ring substituents is 1. The van der Waals surface area contributed by atoms with E-state index in [9.17, 15) is 15.2 Å². The molecule has 0 aliphatic carbocycles. The Morgan fingerprint density at radius 3 is 2.71 bits per heavy atom. The number of rotatable bonds is 5. The van der Waals surface area contributed by atoms with Crippen molar-refractivity contribution in [2.75, 3.05) is 18.5 Å². The highest BCUT2D eigenvalue weighted by molar-refractivity contribution is 5.62. The van der Waals surface area contributed by atoms with E-state index in [1.165, 1.54) is 13.0 Å². The Bertz CT molecular complexity index is 418. The third-order valence-electron chi connectivity index (χ3n) is 2.35. The summed E-state index contributed by atoms with van der Waals surface area (Å²) in [5, 5.41) is 32.0. The van der Waals surface area contributed by atoms with Gasteiger partial charge in [0, 0.05) is 12.6 Å². The third-order valence-corrected chi connectivity index (χ3v) is 2.35. The van der Waals surface area contributed by atoms with Crippen molar-refractivity contribution in [2.24, 2.45) is 0 Å². The number of aryl methyl sites for hydroxylation is 1. The lowest BCUT2D eigenvalue weighted by atomic mass is 10.1. The van der Waals surface area contributed by atoms with Gasteiger partial charge in [-0.3, -0.25) is 10.1 Å². The molecule has 0 amide bonds. The summed E-state index contributed by atoms with van der Waals surface area (Å²) in [6, 6.07) is 4.68. The lowest BCUT2D eigenvalue weighted by Crippen LogP contribution is -2.37. The number of nitrogens with one attached hydrogen (secondary N) is 1. The quantitative estimate of drug-likeness (QED) is 0.528. The van der Waals surface area contributed by atoms with Crippen LogP contribution in [0.3, 0.4) is 0 Å². The molecule has 0 aliphatic rings. The third kappa shape index (κ3) is 3.69. The zero-order chi connectivity index (χ0) is 13.1. The molecule has 1 aromatic carbocycles. The number of nitrogens with zero attached hydrogens (tertiary/aromatic N) is 1. The molecule has 94 valence electrons. The summed E-state index contributed by atoms with van der Waals surface area (Å²) in [6.45, 7) is 2.88. The van der Waals surface area contributed by atoms with Crippen LogP contribution < -0.4 is 5.32 Å². The molecule has 0 saturated carbocycles. The van der Waals surface area contributed by atoms with Gasteiger partial charge in [-0.1, -0.05) is 6.07 Å². The SMILES string of the molecule is Cc1ccc([N+](=O)[O-])c(NCC(C)(O)CO)c1. The average molecular weight is 240 g/mol. The Morgan fingerprint density at radius 1 is 1.53 bits per heavy atom. The number of aliphatic hydroxyl groups is 2. The molecule has 6 heteroatoms. The number of hydrogen-bond acceptors (Lipinski definition) is 5. The summed E-state index contributed by atoms with van der Waals surface area (Å²) in [5.41, 5.74) is -0.146. The van der Waals surface area contributed by atoms with Crippen LogP contribution in [0.25, 0.3) is 0 Å². The predicted octanol–water partition coefficient (Wildman–Crippen LogP) is 1.06. The van der Waals surface area contributed by atoms with Gasteiger partial charge in [0.15, 0.2) is 0 Å². The van der Waals surface area contributed by atoms with Crippen LogP contribution in [0.5, 0.6) is 0 Å². The van der Waals surface area contributed by atoms with Crippen LogP contribution >= 0.6 is 0 Å². The van der Waals surface area contributed by atoms with Gasteiger partial charge in [0.2, 0.25) is 0 Å². The Kier molecular flexibility index (Phi) is 4.03. The molecule has 17 heavy (non-hydrogen) atoms. The summed E-state index contributed by atoms with van der Waals surface area (Å²) < 4.78 is 0. The molecule has 0 radical (unpaired) electrons. The maximum atomic E-state index is 10.8. The number of anilines is 1. The second-order valence-electron chi connectivity index (χ2n) is 4.29. The monoisotopic (exact) mass is 240 g/mol. The molecule has 0 saturated heterocycles. The summed E-state index contributed by atoms with van der Waals surface area (Å²) in [7, 11) is 0. The first-order valence-corrected chi connectivity index (χ1v) is 5.18. The second-order valence-corrected chi connectivity index (χ2v) is 4.29. The highest BCUT2D eigenvalue weighted by Crippen LogP contribution is 2.25. The van der Waals surface area contributed by atoms with Crippen LogP contribution in [0.4, 0.5) is 11.4 Å². The number of hydrogen-bond donors (Lipinski definition) is 3. The molecule has 0 fully saturated rings. The zero-order valence-corrected chi connectivity index (χ0v) is 9.80. The number of nitro groups is 1. The van der Waals surface area contributed by atoms with E-state index < -0.39 is 17.1 Å². The van der Waals surface area contributed by atoms with E-state index in [1.54, 1.807) is 12.1 Å². The van der Waals surface area contributed by atoms with Crippen LogP contribution in [-0.2, 0) is 0 Å². The number of aliphatic hydroxyl groups excluding tert-OH is 1. The van der Waals surface area contributed by atoms with E-state index in [0.717, 1.165) is 5.56 Å². The van der Waals surface area contributed by atoms with Gasteiger partial charge in [-0.15, -0.1) is 0 Å². The molecule has 0 aliphatic heterocycles. The van der Waals surface area contributed by atoms with Crippen molar-refractivity contribution in [3.63, 3.8) is 0 Å². The van der Waals surface area contributed by atoms with Crippen molar-refractivity contribution in [1.29, 1.82) is 0 Å². The zero-order valence-electron chi connectivity index (χ0n) is 9.80. The second kappa shape index (κ2) is 5.11. The number of benzene rings is 1. The molecule has 3 N–H and O–H groups in total. The molecule has 1 rings (SSSR count). The summed E-state index contributed by atoms with van der Waals surface area (Å²) in [4.78, 5) is 10.3. The summed E-state index contributed by atoms with van der Waals surface area (Å²) >= 11 is 0. The van der Waals surface area contributed by atoms with Gasteiger partial charge in [-0.05, 0) is 25.5 Å². The maximum absolute atomic E-state index is 10.8. The fourth-order valence-electron chi connectivity index (χ4n) is 1.29. The van der Waals surface area contributed by atoms with Gasteiger partial charge in [0.1, 0.15) is 11.3 Å². The van der Waals surface area contributed by atoms with E-state index in [2.05, 4.69) is 5.32 Å². The van der Waals surface area contributed by atoms with Crippen LogP contribution in [0, 0.1) is 17.0 Å². The van der Waals surface area contributed by atoms with Crippen molar-refractivity contribution in [3.8, 4) is 0 Å². The van der Waals surface area contributed by atoms with Crippen LogP contribution in [0.15, 0.2) is 18.2 Å². The molecule has 0 bridgehead atoms. The Balaban J connectivity index is 2.89. The van der Waals surface area contributed by atoms with Gasteiger partial charge in [-0.2, -0.15) is 0 Å². The minimum absolute atomic E-state index is 0.0355. The van der Waals surface area contributed by atoms with Gasteiger partial charge in [0.25, 0.3) is 5.69 Å². The van der Waals surface area contributed by atoms with Gasteiger partial charge in [-0.25, -0.2) is 0 Å². The van der Waals surface area contributed by atoms with Crippen molar-refractivity contribution >= 4 is 11.4 Å². The fourth-order valence-corrected chi connectivity index (χ4v) is 1.29. The van der Waals surface area contributed by atoms with Gasteiger partial charge >= 0.3 is 0 Å². The molecule has 0 spiro atoms. The first kappa shape index (κ1) is 13.4. The molecule has 0 heterocycles. The van der Waals surface area contributed by atoms with Gasteiger partial charge < -0.3 is 15.5 Å². The molecule has 1 unspecified atom stereocenters. The minimum Gasteiger partial charge on any atom is -0.393 e. The van der Waals surface area contributed by atoms with E-state index >= 15 is 0 Å². The normalized spacial score (nSPS) is 14.1. The highest BCUT2D eigenvalue weighted by Gasteiger charge is 2.21. The van der Waals surface area contributed by atoms with Crippen molar-refractivity contribution < 1.29 is 15.1 Å². The molecule has 1 aromatic rings. The van der Waals surface area contributed by atoms with E-state index in [-0.39, 0.29) is 12.2 Å². The first-order valence-electron chi connectivity index (χ1n) is 5.18. The molecule has 0 aromatic heterocycles. The van der Waals surface area contributed by atoms with E-state index in [0.29, 0.717) is 5.69 Å². The van der Waals surface area contributed by atoms with Crippen LogP contribution in [0.1, 0.15) is 12.5 Å². The lowest BCUT2D eigenvalue weighted by Gasteiger charge is -2.21. The molecular formula is C11H16N2O4. The first-order chi connectivity index (χ1) is 7.85. The Morgan fingerprint density at radius 2 is 2.18 bits per heavy atom. The fraction of sp³-hybridized carbons (Fsp3) is 0.455. The maximum Gasteiger partial charge on any atom is 0.292 e. The van der Waals surface area contributed by atoms with Crippen molar-refractivity contribution in [2.45, 2.75) is 19.4 Å². The van der Waals surface area contributed by atoms with Gasteiger partial charge in [0.05, 0.1) is 11.5 Å². The summed E-state index contributed by atoms with van der Waals surface area (Å²) in [5.74, 6) is 0. The minimum atomic E-state index is -1.31. The topological polar surface area (TPSA) is 95.6 Å².